The molecule has 3 aromatic heterocycles. The highest BCUT2D eigenvalue weighted by Gasteiger charge is 2.23. The number of thiophene rings is 1. The van der Waals surface area contributed by atoms with Crippen molar-refractivity contribution < 1.29 is 0 Å². The Balaban J connectivity index is 1.91. The summed E-state index contributed by atoms with van der Waals surface area (Å²) in [6.07, 6.45) is 0.788. The molecule has 0 aliphatic rings. The minimum atomic E-state index is -0.210. The van der Waals surface area contributed by atoms with Crippen LogP contribution >= 0.6 is 23.1 Å². The molecule has 0 amide bonds. The minimum Gasteiger partial charge on any atom is -0.368 e. The number of aromatic nitrogens is 5. The van der Waals surface area contributed by atoms with Gasteiger partial charge >= 0.3 is 0 Å². The van der Waals surface area contributed by atoms with Gasteiger partial charge in [-0.2, -0.15) is 15.0 Å². The molecular weight excluding hydrogens is 466 g/mol. The molecule has 34 heavy (non-hydrogen) atoms. The van der Waals surface area contributed by atoms with Gasteiger partial charge in [0.15, 0.2) is 5.16 Å². The normalized spacial score (nSPS) is 12.3. The van der Waals surface area contributed by atoms with Gasteiger partial charge in [0.1, 0.15) is 10.7 Å². The lowest BCUT2D eigenvalue weighted by atomic mass is 10.1. The number of anilines is 2. The highest BCUT2D eigenvalue weighted by Crippen LogP contribution is 2.36. The zero-order chi connectivity index (χ0) is 24.7. The molecule has 3 heterocycles. The smallest absolute Gasteiger partial charge is 0.267 e. The van der Waals surface area contributed by atoms with Crippen LogP contribution in [0.25, 0.3) is 15.9 Å². The van der Waals surface area contributed by atoms with Crippen molar-refractivity contribution in [1.29, 1.82) is 0 Å². The first-order valence-corrected chi connectivity index (χ1v) is 12.8. The summed E-state index contributed by atoms with van der Waals surface area (Å²) in [7, 11) is 3.71. The van der Waals surface area contributed by atoms with E-state index in [9.17, 15) is 4.79 Å². The molecule has 0 bridgehead atoms. The van der Waals surface area contributed by atoms with Crippen LogP contribution in [0.3, 0.4) is 0 Å². The number of hydrogen-bond donors (Lipinski definition) is 1. The van der Waals surface area contributed by atoms with E-state index >= 15 is 0 Å². The first-order chi connectivity index (χ1) is 16.1. The van der Waals surface area contributed by atoms with Crippen molar-refractivity contribution in [1.82, 2.24) is 24.5 Å². The van der Waals surface area contributed by atoms with Gasteiger partial charge in [-0.15, -0.1) is 11.3 Å². The maximum Gasteiger partial charge on any atom is 0.267 e. The summed E-state index contributed by atoms with van der Waals surface area (Å²) in [6.45, 7) is 10.2. The summed E-state index contributed by atoms with van der Waals surface area (Å²) < 4.78 is 1.72. The second-order valence-electron chi connectivity index (χ2n) is 8.48. The SMILES string of the molecule is CCc1c(C)sc2nc(SC(C)c3nc(N)nc(N(C)C)n3)n(-c3ccc(C)c(C)c3)c(=O)c12. The second-order valence-corrected chi connectivity index (χ2v) is 11.0. The fraction of sp³-hybridized carbons (Fsp3) is 0.375. The number of nitrogens with zero attached hydrogens (tertiary/aromatic N) is 6. The van der Waals surface area contributed by atoms with Crippen molar-refractivity contribution >= 4 is 45.2 Å². The van der Waals surface area contributed by atoms with Crippen molar-refractivity contribution in [3.63, 3.8) is 0 Å². The molecule has 4 aromatic rings. The Morgan fingerprint density at radius 3 is 2.50 bits per heavy atom. The van der Waals surface area contributed by atoms with Crippen LogP contribution in [0, 0.1) is 20.8 Å². The van der Waals surface area contributed by atoms with Crippen LogP contribution in [0.1, 0.15) is 46.5 Å². The van der Waals surface area contributed by atoms with E-state index < -0.39 is 0 Å². The van der Waals surface area contributed by atoms with Crippen molar-refractivity contribution in [2.75, 3.05) is 24.7 Å². The Bertz CT molecular complexity index is 1440. The van der Waals surface area contributed by atoms with E-state index in [1.165, 1.54) is 17.3 Å². The van der Waals surface area contributed by atoms with Crippen LogP contribution in [-0.2, 0) is 6.42 Å². The zero-order valence-electron chi connectivity index (χ0n) is 20.5. The lowest BCUT2D eigenvalue weighted by molar-refractivity contribution is 0.806. The predicted molar refractivity (Wildman–Crippen MR) is 142 cm³/mol. The topological polar surface area (TPSA) is 103 Å². The molecule has 0 aliphatic heterocycles. The molecule has 1 atom stereocenters. The molecule has 2 N–H and O–H groups in total. The van der Waals surface area contributed by atoms with Crippen molar-refractivity contribution in [2.24, 2.45) is 0 Å². The molecule has 0 radical (unpaired) electrons. The van der Waals surface area contributed by atoms with E-state index in [0.29, 0.717) is 22.3 Å². The largest absolute Gasteiger partial charge is 0.368 e. The number of fused-ring (bicyclic) bond motifs is 1. The lowest BCUT2D eigenvalue weighted by Gasteiger charge is -2.17. The highest BCUT2D eigenvalue weighted by molar-refractivity contribution is 7.99. The number of benzene rings is 1. The quantitative estimate of drug-likeness (QED) is 0.305. The van der Waals surface area contributed by atoms with Crippen LogP contribution in [0.15, 0.2) is 28.2 Å². The van der Waals surface area contributed by atoms with E-state index in [1.807, 2.05) is 46.1 Å². The molecule has 8 nitrogen and oxygen atoms in total. The van der Waals surface area contributed by atoms with Gasteiger partial charge in [-0.3, -0.25) is 9.36 Å². The molecule has 1 unspecified atom stereocenters. The standard InChI is InChI=1S/C24H29N7OS2/c1-8-17-14(4)33-20-18(17)21(32)31(16-10-9-12(2)13(3)11-16)24(28-20)34-15(5)19-26-22(25)29-23(27-19)30(6)7/h9-11,15H,8H2,1-7H3,(H2,25,26,27,29). The Labute approximate surface area is 207 Å². The summed E-state index contributed by atoms with van der Waals surface area (Å²) in [5, 5.41) is 1.10. The van der Waals surface area contributed by atoms with Crippen molar-refractivity contribution in [2.45, 2.75) is 51.4 Å². The van der Waals surface area contributed by atoms with E-state index in [-0.39, 0.29) is 16.8 Å². The van der Waals surface area contributed by atoms with Crippen LogP contribution in [-0.4, -0.2) is 38.6 Å². The predicted octanol–water partition coefficient (Wildman–Crippen LogP) is 4.62. The van der Waals surface area contributed by atoms with Gasteiger partial charge < -0.3 is 10.6 Å². The third kappa shape index (κ3) is 4.39. The number of nitrogen functional groups attached to an aromatic ring is 1. The molecule has 0 saturated heterocycles. The van der Waals surface area contributed by atoms with E-state index in [1.54, 1.807) is 20.8 Å². The van der Waals surface area contributed by atoms with E-state index in [4.69, 9.17) is 10.7 Å². The maximum atomic E-state index is 13.9. The monoisotopic (exact) mass is 495 g/mol. The summed E-state index contributed by atoms with van der Waals surface area (Å²) in [5.41, 5.74) is 10.1. The van der Waals surface area contributed by atoms with E-state index in [0.717, 1.165) is 32.9 Å². The first kappa shape index (κ1) is 24.2. The van der Waals surface area contributed by atoms with Crippen molar-refractivity contribution in [3.8, 4) is 5.69 Å². The van der Waals surface area contributed by atoms with Gasteiger partial charge in [0.25, 0.3) is 5.56 Å². The number of hydrogen-bond acceptors (Lipinski definition) is 9. The minimum absolute atomic E-state index is 0.0479. The Kier molecular flexibility index (Phi) is 6.64. The van der Waals surface area contributed by atoms with E-state index in [2.05, 4.69) is 35.7 Å². The number of aryl methyl sites for hydroxylation is 4. The molecule has 0 aliphatic carbocycles. The zero-order valence-corrected chi connectivity index (χ0v) is 22.1. The van der Waals surface area contributed by atoms with Gasteiger partial charge in [-0.05, 0) is 62.9 Å². The van der Waals surface area contributed by atoms with Gasteiger partial charge in [0.2, 0.25) is 11.9 Å². The van der Waals surface area contributed by atoms with Crippen LogP contribution in [0.4, 0.5) is 11.9 Å². The number of nitrogens with two attached hydrogens (primary N) is 1. The summed E-state index contributed by atoms with van der Waals surface area (Å²) in [6, 6.07) is 6.05. The summed E-state index contributed by atoms with van der Waals surface area (Å²) >= 11 is 3.01. The molecule has 4 rings (SSSR count). The molecule has 0 spiro atoms. The van der Waals surface area contributed by atoms with Crippen LogP contribution < -0.4 is 16.2 Å². The van der Waals surface area contributed by atoms with Gasteiger partial charge in [0.05, 0.1) is 16.3 Å². The lowest BCUT2D eigenvalue weighted by Crippen LogP contribution is -2.22. The third-order valence-electron chi connectivity index (χ3n) is 5.80. The molecule has 0 fully saturated rings. The van der Waals surface area contributed by atoms with Gasteiger partial charge in [-0.25, -0.2) is 4.98 Å². The Morgan fingerprint density at radius 1 is 1.12 bits per heavy atom. The molecule has 1 aromatic carbocycles. The average molecular weight is 496 g/mol. The third-order valence-corrected chi connectivity index (χ3v) is 7.89. The van der Waals surface area contributed by atoms with Gasteiger partial charge in [0, 0.05) is 19.0 Å². The van der Waals surface area contributed by atoms with Crippen molar-refractivity contribution in [3.05, 3.63) is 55.9 Å². The first-order valence-electron chi connectivity index (χ1n) is 11.1. The highest BCUT2D eigenvalue weighted by atomic mass is 32.2. The Morgan fingerprint density at radius 2 is 1.85 bits per heavy atom. The fourth-order valence-electron chi connectivity index (χ4n) is 3.78. The number of thioether (sulfide) groups is 1. The Hall–Kier alpha value is -2.98. The summed E-state index contributed by atoms with van der Waals surface area (Å²) in [5.74, 6) is 1.20. The second kappa shape index (κ2) is 9.34. The molecule has 10 heteroatoms. The van der Waals surface area contributed by atoms with Gasteiger partial charge in [-0.1, -0.05) is 24.8 Å². The average Bonchev–Trinajstić information content (AvgIpc) is 3.10. The maximum absolute atomic E-state index is 13.9. The molecular formula is C24H29N7OS2. The number of rotatable bonds is 6. The van der Waals surface area contributed by atoms with Crippen LogP contribution in [0.2, 0.25) is 0 Å². The molecule has 0 saturated carbocycles. The van der Waals surface area contributed by atoms with Crippen LogP contribution in [0.5, 0.6) is 0 Å². The molecule has 178 valence electrons. The fourth-order valence-corrected chi connectivity index (χ4v) is 5.91. The summed E-state index contributed by atoms with van der Waals surface area (Å²) in [4.78, 5) is 35.7.